The predicted octanol–water partition coefficient (Wildman–Crippen LogP) is 4.76. The normalized spacial score (nSPS) is 19.0. The van der Waals surface area contributed by atoms with Gasteiger partial charge in [-0.1, -0.05) is 32.0 Å². The number of hydrogen-bond acceptors (Lipinski definition) is 9. The number of halogens is 1. The second-order valence-electron chi connectivity index (χ2n) is 12.8. The molecule has 0 saturated carbocycles. The number of rotatable bonds is 12. The van der Waals surface area contributed by atoms with Gasteiger partial charge >= 0.3 is 5.97 Å². The minimum atomic E-state index is -4.35. The number of ether oxygens (including phenoxy) is 1. The Bertz CT molecular complexity index is 1640. The number of sulfonamides is 1. The van der Waals surface area contributed by atoms with E-state index < -0.39 is 40.2 Å². The van der Waals surface area contributed by atoms with Gasteiger partial charge in [-0.3, -0.25) is 14.0 Å². The molecule has 0 bridgehead atoms. The van der Waals surface area contributed by atoms with E-state index in [1.807, 2.05) is 38.1 Å². The van der Waals surface area contributed by atoms with Crippen LogP contribution < -0.4 is 10.0 Å². The summed E-state index contributed by atoms with van der Waals surface area (Å²) in [5.74, 6) is -0.569. The van der Waals surface area contributed by atoms with Crippen LogP contribution in [-0.4, -0.2) is 74.2 Å². The largest absolute Gasteiger partial charge is 0.466 e. The highest BCUT2D eigenvalue weighted by Crippen LogP contribution is 2.44. The van der Waals surface area contributed by atoms with Gasteiger partial charge in [-0.2, -0.15) is 4.72 Å². The molecule has 0 radical (unpaired) electrons. The number of aliphatic hydroxyl groups is 1. The molecule has 2 aromatic carbocycles. The number of anilines is 1. The van der Waals surface area contributed by atoms with Crippen molar-refractivity contribution in [1.82, 2.24) is 14.6 Å². The van der Waals surface area contributed by atoms with Gasteiger partial charge < -0.3 is 20.1 Å². The van der Waals surface area contributed by atoms with Crippen LogP contribution in [0.4, 0.5) is 10.1 Å². The standard InChI is InChI=1S/C33H43FN4O6S2/c1-4-44-29(39)10-9-22-17-23-30(35-20-33(2,3)31(23)40)27(18-22)46(42,43)37-25(19-28-36-24-7-5-6-8-26(24)45-28)32(41)38-15-12-21(11-14-34)13-16-38/h5-8,17-18,21,25,31,35,37,40H,4,9-16,19-20H2,1-3H3/t25-,31?/m0/s1. The molecule has 0 aliphatic carbocycles. The molecule has 1 fully saturated rings. The number of aromatic nitrogens is 1. The molecule has 1 saturated heterocycles. The van der Waals surface area contributed by atoms with Crippen LogP contribution in [0, 0.1) is 11.3 Å². The average Bonchev–Trinajstić information content (AvgIpc) is 3.44. The Kier molecular flexibility index (Phi) is 10.7. The molecule has 13 heteroatoms. The van der Waals surface area contributed by atoms with Crippen LogP contribution in [0.25, 0.3) is 10.2 Å². The summed E-state index contributed by atoms with van der Waals surface area (Å²) in [6, 6.07) is 9.67. The number of benzene rings is 2. The highest BCUT2D eigenvalue weighted by molar-refractivity contribution is 7.89. The lowest BCUT2D eigenvalue weighted by molar-refractivity contribution is -0.143. The molecule has 5 rings (SSSR count). The van der Waals surface area contributed by atoms with Crippen molar-refractivity contribution in [2.45, 2.75) is 76.3 Å². The Hall–Kier alpha value is -3.13. The van der Waals surface area contributed by atoms with Gasteiger partial charge in [-0.05, 0) is 62.3 Å². The number of piperidine rings is 1. The van der Waals surface area contributed by atoms with Crippen molar-refractivity contribution in [3.8, 4) is 0 Å². The minimum absolute atomic E-state index is 0.0452. The topological polar surface area (TPSA) is 138 Å². The first-order valence-electron chi connectivity index (χ1n) is 15.9. The van der Waals surface area contributed by atoms with E-state index in [0.29, 0.717) is 55.0 Å². The van der Waals surface area contributed by atoms with Crippen molar-refractivity contribution >= 4 is 49.1 Å². The highest BCUT2D eigenvalue weighted by Gasteiger charge is 2.39. The summed E-state index contributed by atoms with van der Waals surface area (Å²) in [7, 11) is -4.35. The van der Waals surface area contributed by atoms with Crippen molar-refractivity contribution in [3.05, 3.63) is 52.5 Å². The molecule has 2 aliphatic heterocycles. The maximum Gasteiger partial charge on any atom is 0.306 e. The average molecular weight is 675 g/mol. The third-order valence-electron chi connectivity index (χ3n) is 8.92. The Labute approximate surface area is 273 Å². The second kappa shape index (κ2) is 14.3. The minimum Gasteiger partial charge on any atom is -0.466 e. The number of amides is 1. The van der Waals surface area contributed by atoms with Crippen molar-refractivity contribution in [2.75, 3.05) is 38.2 Å². The van der Waals surface area contributed by atoms with Crippen LogP contribution in [0.5, 0.6) is 0 Å². The maximum atomic E-state index is 14.3. The molecular weight excluding hydrogens is 632 g/mol. The van der Waals surface area contributed by atoms with Crippen molar-refractivity contribution < 1.29 is 32.2 Å². The van der Waals surface area contributed by atoms with E-state index in [-0.39, 0.29) is 48.3 Å². The number of nitrogens with one attached hydrogen (secondary N) is 2. The van der Waals surface area contributed by atoms with E-state index in [1.54, 1.807) is 17.9 Å². The number of aryl methyl sites for hydroxylation is 1. The van der Waals surface area contributed by atoms with E-state index in [0.717, 1.165) is 10.2 Å². The zero-order valence-corrected chi connectivity index (χ0v) is 28.2. The molecule has 1 aromatic heterocycles. The highest BCUT2D eigenvalue weighted by atomic mass is 32.2. The summed E-state index contributed by atoms with van der Waals surface area (Å²) in [6.45, 7) is 6.49. The lowest BCUT2D eigenvalue weighted by atomic mass is 9.78. The summed E-state index contributed by atoms with van der Waals surface area (Å²) < 4.78 is 50.3. The number of alkyl halides is 1. The molecule has 1 unspecified atom stereocenters. The Morgan fingerprint density at radius 1 is 1.24 bits per heavy atom. The first-order valence-corrected chi connectivity index (χ1v) is 18.2. The van der Waals surface area contributed by atoms with Crippen molar-refractivity contribution in [3.63, 3.8) is 0 Å². The zero-order valence-electron chi connectivity index (χ0n) is 26.6. The number of nitrogens with zero attached hydrogens (tertiary/aromatic N) is 2. The van der Waals surface area contributed by atoms with Crippen LogP contribution in [0.2, 0.25) is 0 Å². The van der Waals surface area contributed by atoms with Gasteiger partial charge in [0.2, 0.25) is 15.9 Å². The fraction of sp³-hybridized carbons (Fsp3) is 0.545. The zero-order chi connectivity index (χ0) is 33.1. The number of thiazole rings is 1. The molecule has 2 atom stereocenters. The van der Waals surface area contributed by atoms with Gasteiger partial charge in [-0.15, -0.1) is 11.3 Å². The summed E-state index contributed by atoms with van der Waals surface area (Å²) in [6.07, 6.45) is 1.11. The molecule has 46 heavy (non-hydrogen) atoms. The van der Waals surface area contributed by atoms with Gasteiger partial charge in [0.15, 0.2) is 0 Å². The van der Waals surface area contributed by atoms with Crippen LogP contribution >= 0.6 is 11.3 Å². The second-order valence-corrected chi connectivity index (χ2v) is 15.6. The number of aliphatic hydroxyl groups excluding tert-OH is 1. The van der Waals surface area contributed by atoms with Gasteiger partial charge in [-0.25, -0.2) is 13.4 Å². The number of carbonyl (C=O) groups excluding carboxylic acids is 2. The first kappa shape index (κ1) is 34.2. The lowest BCUT2D eigenvalue weighted by Crippen LogP contribution is -2.51. The van der Waals surface area contributed by atoms with Crippen LogP contribution in [0.1, 0.15) is 68.7 Å². The molecule has 250 valence electrons. The van der Waals surface area contributed by atoms with Crippen LogP contribution in [-0.2, 0) is 37.2 Å². The molecule has 3 aromatic rings. The monoisotopic (exact) mass is 674 g/mol. The molecule has 2 aliphatic rings. The molecule has 3 heterocycles. The smallest absolute Gasteiger partial charge is 0.306 e. The van der Waals surface area contributed by atoms with E-state index in [1.165, 1.54) is 17.4 Å². The Morgan fingerprint density at radius 3 is 2.67 bits per heavy atom. The van der Waals surface area contributed by atoms with E-state index in [2.05, 4.69) is 15.0 Å². The number of para-hydroxylation sites is 1. The summed E-state index contributed by atoms with van der Waals surface area (Å²) in [4.78, 5) is 32.4. The third-order valence-corrected chi connectivity index (χ3v) is 11.5. The molecule has 1 amide bonds. The van der Waals surface area contributed by atoms with Crippen molar-refractivity contribution in [2.24, 2.45) is 11.3 Å². The van der Waals surface area contributed by atoms with E-state index in [9.17, 15) is 27.5 Å². The SMILES string of the molecule is CCOC(=O)CCc1cc2c(c(S(=O)(=O)N[C@@H](Cc3nc4ccccc4s3)C(=O)N3CCC(CCF)CC3)c1)NCC(C)(C)C2O. The molecule has 3 N–H and O–H groups in total. The Balaban J connectivity index is 1.49. The summed E-state index contributed by atoms with van der Waals surface area (Å²) >= 11 is 1.41. The first-order chi connectivity index (χ1) is 21.9. The number of likely N-dealkylation sites (tertiary alicyclic amines) is 1. The van der Waals surface area contributed by atoms with E-state index in [4.69, 9.17) is 4.74 Å². The van der Waals surface area contributed by atoms with Gasteiger partial charge in [0.05, 0.1) is 40.3 Å². The number of esters is 1. The Morgan fingerprint density at radius 2 is 1.98 bits per heavy atom. The summed E-state index contributed by atoms with van der Waals surface area (Å²) in [5.41, 5.74) is 1.43. The maximum absolute atomic E-state index is 14.3. The van der Waals surface area contributed by atoms with Gasteiger partial charge in [0.25, 0.3) is 0 Å². The number of carbonyl (C=O) groups is 2. The van der Waals surface area contributed by atoms with Crippen LogP contribution in [0.3, 0.4) is 0 Å². The molecule has 0 spiro atoms. The number of hydrogen-bond donors (Lipinski definition) is 3. The fourth-order valence-electron chi connectivity index (χ4n) is 6.20. The van der Waals surface area contributed by atoms with Gasteiger partial charge in [0, 0.05) is 43.5 Å². The van der Waals surface area contributed by atoms with Crippen molar-refractivity contribution in [1.29, 1.82) is 0 Å². The van der Waals surface area contributed by atoms with Crippen LogP contribution in [0.15, 0.2) is 41.3 Å². The quantitative estimate of drug-likeness (QED) is 0.234. The fourth-order valence-corrected chi connectivity index (χ4v) is 8.66. The lowest BCUT2D eigenvalue weighted by Gasteiger charge is -2.38. The molecular formula is C33H43FN4O6S2. The third kappa shape index (κ3) is 7.70. The van der Waals surface area contributed by atoms with Gasteiger partial charge in [0.1, 0.15) is 10.9 Å². The number of fused-ring (bicyclic) bond motifs is 2. The van der Waals surface area contributed by atoms with E-state index >= 15 is 0 Å². The predicted molar refractivity (Wildman–Crippen MR) is 176 cm³/mol. The summed E-state index contributed by atoms with van der Waals surface area (Å²) in [5, 5.41) is 15.1. The molecule has 10 nitrogen and oxygen atoms in total.